The second-order valence-corrected chi connectivity index (χ2v) is 13.3. The van der Waals surface area contributed by atoms with Crippen LogP contribution in [0.15, 0.2) is 47.7 Å². The largest absolute Gasteiger partial charge is 0.353 e. The highest BCUT2D eigenvalue weighted by Crippen LogP contribution is 2.54. The predicted molar refractivity (Wildman–Crippen MR) is 154 cm³/mol. The van der Waals surface area contributed by atoms with Crippen LogP contribution in [-0.4, -0.2) is 42.3 Å². The molecule has 4 aliphatic rings. The molecule has 1 saturated heterocycles. The van der Waals surface area contributed by atoms with Gasteiger partial charge in [-0.1, -0.05) is 19.1 Å². The summed E-state index contributed by atoms with van der Waals surface area (Å²) in [6, 6.07) is 10.9. The predicted octanol–water partition coefficient (Wildman–Crippen LogP) is 5.66. The Balaban J connectivity index is 0.00000264. The van der Waals surface area contributed by atoms with Gasteiger partial charge in [0.15, 0.2) is 0 Å². The third-order valence-electron chi connectivity index (χ3n) is 10.4. The Kier molecular flexibility index (Phi) is 5.10. The molecule has 4 aromatic rings. The van der Waals surface area contributed by atoms with E-state index in [1.165, 1.54) is 68.4 Å². The minimum Gasteiger partial charge on any atom is -0.353 e. The zero-order valence-corrected chi connectivity index (χ0v) is 23.1. The van der Waals surface area contributed by atoms with Crippen LogP contribution in [0.2, 0.25) is 0 Å². The average molecular weight is 525 g/mol. The number of nitrogens with zero attached hydrogens (tertiary/aromatic N) is 5. The Bertz CT molecular complexity index is 1620. The van der Waals surface area contributed by atoms with E-state index in [0.29, 0.717) is 17.3 Å². The van der Waals surface area contributed by atoms with E-state index in [1.54, 1.807) is 6.33 Å². The molecule has 204 valence electrons. The highest BCUT2D eigenvalue weighted by molar-refractivity contribution is 5.84. The molecule has 1 aliphatic heterocycles. The standard InChI is InChI=1S/C32H38N6O.H2/c1-21-16-32(17-21,30-35-33-20-36(30)2)23-4-3-5-25(14-23)38-19-27(22-6-7-22)26-15-24(34-28(26)29(38)39)18-37-12-10-31(8-9-31)11-13-37;/h3-5,14-15,19-22,34H,6-13,16-18H2,1-2H3;1H. The lowest BCUT2D eigenvalue weighted by molar-refractivity contribution is 0.165. The summed E-state index contributed by atoms with van der Waals surface area (Å²) in [5.41, 5.74) is 5.98. The molecule has 3 aromatic heterocycles. The molecule has 0 bridgehead atoms. The van der Waals surface area contributed by atoms with Crippen molar-refractivity contribution in [3.8, 4) is 5.69 Å². The van der Waals surface area contributed by atoms with Crippen molar-refractivity contribution in [2.24, 2.45) is 18.4 Å². The molecule has 3 saturated carbocycles. The molecule has 4 fully saturated rings. The number of rotatable bonds is 6. The van der Waals surface area contributed by atoms with Crippen molar-refractivity contribution in [3.63, 3.8) is 0 Å². The molecule has 7 nitrogen and oxygen atoms in total. The van der Waals surface area contributed by atoms with Crippen LogP contribution < -0.4 is 5.56 Å². The second-order valence-electron chi connectivity index (χ2n) is 13.3. The number of aryl methyl sites for hydroxylation is 1. The fourth-order valence-electron chi connectivity index (χ4n) is 7.74. The van der Waals surface area contributed by atoms with Crippen LogP contribution in [0.3, 0.4) is 0 Å². The Morgan fingerprint density at radius 1 is 1.10 bits per heavy atom. The first-order valence-electron chi connectivity index (χ1n) is 14.9. The normalized spacial score (nSPS) is 26.3. The lowest BCUT2D eigenvalue weighted by Gasteiger charge is -2.46. The number of benzene rings is 1. The van der Waals surface area contributed by atoms with Gasteiger partial charge in [-0.05, 0) is 111 Å². The molecule has 0 atom stereocenters. The summed E-state index contributed by atoms with van der Waals surface area (Å²) in [7, 11) is 2.03. The van der Waals surface area contributed by atoms with Gasteiger partial charge >= 0.3 is 0 Å². The van der Waals surface area contributed by atoms with E-state index in [0.717, 1.165) is 41.8 Å². The zero-order valence-electron chi connectivity index (χ0n) is 23.1. The molecular formula is C32H40N6O. The lowest BCUT2D eigenvalue weighted by Crippen LogP contribution is -2.43. The number of aromatic nitrogens is 5. The molecule has 7 heteroatoms. The third-order valence-corrected chi connectivity index (χ3v) is 10.4. The maximum absolute atomic E-state index is 14.0. The molecule has 3 aliphatic carbocycles. The summed E-state index contributed by atoms with van der Waals surface area (Å²) >= 11 is 0. The fraction of sp³-hybridized carbons (Fsp3) is 0.531. The molecule has 8 rings (SSSR count). The van der Waals surface area contributed by atoms with Crippen LogP contribution in [0.1, 0.15) is 88.3 Å². The Morgan fingerprint density at radius 2 is 1.90 bits per heavy atom. The SMILES string of the molecule is CC1CC(c2cccc(-n3cc(C4CC4)c4cc(CN5CCC6(CC5)CC6)[nH]c4c3=O)c2)(c2nncn2C)C1.[HH]. The van der Waals surface area contributed by atoms with Crippen molar-refractivity contribution in [2.45, 2.75) is 76.2 Å². The van der Waals surface area contributed by atoms with E-state index in [9.17, 15) is 4.79 Å². The van der Waals surface area contributed by atoms with Gasteiger partial charge in [0.2, 0.25) is 0 Å². The van der Waals surface area contributed by atoms with Gasteiger partial charge in [-0.3, -0.25) is 14.3 Å². The third kappa shape index (κ3) is 3.84. The van der Waals surface area contributed by atoms with Gasteiger partial charge in [0.1, 0.15) is 17.7 Å². The number of nitrogens with one attached hydrogen (secondary N) is 1. The Morgan fingerprint density at radius 3 is 2.56 bits per heavy atom. The fourth-order valence-corrected chi connectivity index (χ4v) is 7.74. The molecule has 39 heavy (non-hydrogen) atoms. The van der Waals surface area contributed by atoms with Gasteiger partial charge in [0.25, 0.3) is 5.56 Å². The zero-order chi connectivity index (χ0) is 26.4. The molecular weight excluding hydrogens is 484 g/mol. The number of piperidine rings is 1. The maximum atomic E-state index is 14.0. The van der Waals surface area contributed by atoms with Crippen LogP contribution in [0.25, 0.3) is 16.6 Å². The van der Waals surface area contributed by atoms with Crippen LogP contribution >= 0.6 is 0 Å². The van der Waals surface area contributed by atoms with Gasteiger partial charge in [-0.2, -0.15) is 0 Å². The molecule has 1 spiro atoms. The number of fused-ring (bicyclic) bond motifs is 1. The Hall–Kier alpha value is -3.19. The molecule has 1 N–H and O–H groups in total. The minimum absolute atomic E-state index is 0. The van der Waals surface area contributed by atoms with Crippen molar-refractivity contribution in [1.29, 1.82) is 0 Å². The van der Waals surface area contributed by atoms with Crippen LogP contribution in [0, 0.1) is 11.3 Å². The van der Waals surface area contributed by atoms with Crippen molar-refractivity contribution in [2.75, 3.05) is 13.1 Å². The quantitative estimate of drug-likeness (QED) is 0.353. The van der Waals surface area contributed by atoms with Gasteiger partial charge < -0.3 is 9.55 Å². The highest BCUT2D eigenvalue weighted by Gasteiger charge is 2.48. The Labute approximate surface area is 230 Å². The van der Waals surface area contributed by atoms with E-state index < -0.39 is 0 Å². The van der Waals surface area contributed by atoms with Crippen molar-refractivity contribution in [3.05, 3.63) is 75.9 Å². The summed E-state index contributed by atoms with van der Waals surface area (Å²) in [5, 5.41) is 9.84. The van der Waals surface area contributed by atoms with E-state index in [-0.39, 0.29) is 12.4 Å². The topological polar surface area (TPSA) is 71.7 Å². The number of aromatic amines is 1. The van der Waals surface area contributed by atoms with Gasteiger partial charge in [0.05, 0.1) is 5.41 Å². The smallest absolute Gasteiger partial charge is 0.279 e. The lowest BCUT2D eigenvalue weighted by atomic mass is 9.58. The first-order chi connectivity index (χ1) is 18.9. The first kappa shape index (κ1) is 23.7. The number of H-pyrrole nitrogens is 1. The van der Waals surface area contributed by atoms with Crippen molar-refractivity contribution in [1.82, 2.24) is 29.2 Å². The number of hydrogen-bond donors (Lipinski definition) is 1. The van der Waals surface area contributed by atoms with Crippen LogP contribution in [0.4, 0.5) is 0 Å². The van der Waals surface area contributed by atoms with Gasteiger partial charge in [-0.15, -0.1) is 10.2 Å². The average Bonchev–Trinajstić information content (AvgIpc) is 3.82. The van der Waals surface area contributed by atoms with Crippen molar-refractivity contribution < 1.29 is 1.43 Å². The summed E-state index contributed by atoms with van der Waals surface area (Å²) in [6.45, 7) is 5.55. The van der Waals surface area contributed by atoms with E-state index in [1.807, 2.05) is 11.6 Å². The molecule has 1 aromatic carbocycles. The maximum Gasteiger partial charge on any atom is 0.279 e. The van der Waals surface area contributed by atoms with Crippen LogP contribution in [0.5, 0.6) is 0 Å². The number of pyridine rings is 1. The first-order valence-corrected chi connectivity index (χ1v) is 14.9. The molecule has 0 radical (unpaired) electrons. The molecule has 0 amide bonds. The van der Waals surface area contributed by atoms with Crippen LogP contribution in [-0.2, 0) is 19.0 Å². The van der Waals surface area contributed by atoms with E-state index >= 15 is 0 Å². The van der Waals surface area contributed by atoms with Gasteiger partial charge in [-0.25, -0.2) is 0 Å². The van der Waals surface area contributed by atoms with E-state index in [4.69, 9.17) is 0 Å². The van der Waals surface area contributed by atoms with Crippen molar-refractivity contribution >= 4 is 10.9 Å². The second kappa shape index (κ2) is 8.40. The number of hydrogen-bond acceptors (Lipinski definition) is 4. The summed E-state index contributed by atoms with van der Waals surface area (Å²) in [6.07, 6.45) is 13.9. The summed E-state index contributed by atoms with van der Waals surface area (Å²) in [5.74, 6) is 2.20. The van der Waals surface area contributed by atoms with E-state index in [2.05, 4.69) is 68.1 Å². The number of likely N-dealkylation sites (tertiary alicyclic amines) is 1. The highest BCUT2D eigenvalue weighted by atomic mass is 16.1. The summed E-state index contributed by atoms with van der Waals surface area (Å²) in [4.78, 5) is 20.1. The monoisotopic (exact) mass is 524 g/mol. The minimum atomic E-state index is -0.152. The molecule has 0 unspecified atom stereocenters. The molecule has 4 heterocycles. The van der Waals surface area contributed by atoms with Gasteiger partial charge in [0, 0.05) is 38.0 Å². The summed E-state index contributed by atoms with van der Waals surface area (Å²) < 4.78 is 3.94.